The van der Waals surface area contributed by atoms with Crippen molar-refractivity contribution in [1.82, 2.24) is 0 Å². The quantitative estimate of drug-likeness (QED) is 0.657. The van der Waals surface area contributed by atoms with Crippen molar-refractivity contribution in [3.05, 3.63) is 77.4 Å². The second-order valence-electron chi connectivity index (χ2n) is 3.78. The van der Waals surface area contributed by atoms with Crippen LogP contribution in [0.4, 0.5) is 0 Å². The fraction of sp³-hybridized carbons (Fsp3) is 0.0588. The van der Waals surface area contributed by atoms with E-state index < -0.39 is 0 Å². The summed E-state index contributed by atoms with van der Waals surface area (Å²) in [6.07, 6.45) is 8.35. The summed E-state index contributed by atoms with van der Waals surface area (Å²) in [6.45, 7) is 2.03. The third-order valence-corrected chi connectivity index (χ3v) is 2.51. The molecule has 83 valence electrons. The van der Waals surface area contributed by atoms with E-state index in [1.807, 2.05) is 43.3 Å². The predicted octanol–water partition coefficient (Wildman–Crippen LogP) is 4.69. The highest BCUT2D eigenvalue weighted by Crippen LogP contribution is 2.14. The van der Waals surface area contributed by atoms with Crippen molar-refractivity contribution in [2.24, 2.45) is 0 Å². The fourth-order valence-electron chi connectivity index (χ4n) is 1.68. The van der Waals surface area contributed by atoms with Gasteiger partial charge >= 0.3 is 0 Å². The van der Waals surface area contributed by atoms with E-state index in [2.05, 4.69) is 42.5 Å². The lowest BCUT2D eigenvalue weighted by atomic mass is 10.1. The summed E-state index contributed by atoms with van der Waals surface area (Å²) in [5.74, 6) is 0. The second-order valence-corrected chi connectivity index (χ2v) is 3.78. The van der Waals surface area contributed by atoms with Crippen LogP contribution >= 0.6 is 0 Å². The Balaban J connectivity index is 2.27. The summed E-state index contributed by atoms with van der Waals surface area (Å²) < 4.78 is 0. The average Bonchev–Trinajstić information content (AvgIpc) is 2.39. The molecule has 0 fully saturated rings. The van der Waals surface area contributed by atoms with Crippen LogP contribution in [0.15, 0.2) is 54.6 Å². The first-order valence-electron chi connectivity index (χ1n) is 5.76. The van der Waals surface area contributed by atoms with Gasteiger partial charge in [0.15, 0.2) is 0 Å². The lowest BCUT2D eigenvalue weighted by Gasteiger charge is -1.99. The molecule has 0 amide bonds. The first kappa shape index (κ1) is 11.4. The van der Waals surface area contributed by atoms with Gasteiger partial charge in [-0.15, -0.1) is 0 Å². The first-order valence-corrected chi connectivity index (χ1v) is 5.76. The average molecular weight is 219 g/mol. The van der Waals surface area contributed by atoms with E-state index in [-0.39, 0.29) is 0 Å². The summed E-state index contributed by atoms with van der Waals surface area (Å²) in [4.78, 5) is 0. The molecular weight excluding hydrogens is 204 g/mol. The van der Waals surface area contributed by atoms with Crippen LogP contribution in [0.1, 0.15) is 23.6 Å². The normalized spacial score (nSPS) is 11.4. The van der Waals surface area contributed by atoms with Crippen molar-refractivity contribution in [3.8, 4) is 0 Å². The number of hydrogen-bond acceptors (Lipinski definition) is 0. The summed E-state index contributed by atoms with van der Waals surface area (Å²) >= 11 is 0. The largest absolute Gasteiger partial charge is 0.0870 e. The fourth-order valence-corrected chi connectivity index (χ4v) is 1.68. The molecule has 2 aromatic carbocycles. The minimum Gasteiger partial charge on any atom is -0.0870 e. The number of allylic oxidation sites excluding steroid dienone is 1. The molecule has 0 N–H and O–H groups in total. The molecule has 0 aliphatic rings. The second kappa shape index (κ2) is 5.86. The van der Waals surface area contributed by atoms with Gasteiger partial charge in [-0.3, -0.25) is 0 Å². The predicted molar refractivity (Wildman–Crippen MR) is 75.4 cm³/mol. The van der Waals surface area contributed by atoms with E-state index in [4.69, 9.17) is 0 Å². The Morgan fingerprint density at radius 3 is 2.47 bits per heavy atom. The minimum atomic E-state index is 1.12. The number of hydrogen-bond donors (Lipinski definition) is 0. The molecule has 1 radical (unpaired) electrons. The summed E-state index contributed by atoms with van der Waals surface area (Å²) in [5, 5.41) is 0. The maximum absolute atomic E-state index is 3.25. The summed E-state index contributed by atoms with van der Waals surface area (Å²) in [6, 6.07) is 19.6. The van der Waals surface area contributed by atoms with Crippen LogP contribution in [0.3, 0.4) is 0 Å². The van der Waals surface area contributed by atoms with E-state index in [0.717, 1.165) is 5.56 Å². The highest BCUT2D eigenvalue weighted by atomic mass is 14.0. The molecule has 0 atom stereocenters. The smallest absolute Gasteiger partial charge is 0.00992 e. The van der Waals surface area contributed by atoms with Gasteiger partial charge < -0.3 is 0 Å². The van der Waals surface area contributed by atoms with Crippen molar-refractivity contribution in [2.45, 2.75) is 6.92 Å². The Bertz CT molecular complexity index is 519. The van der Waals surface area contributed by atoms with Crippen molar-refractivity contribution < 1.29 is 0 Å². The van der Waals surface area contributed by atoms with Crippen molar-refractivity contribution in [1.29, 1.82) is 0 Å². The molecule has 0 bridgehead atoms. The zero-order chi connectivity index (χ0) is 11.9. The minimum absolute atomic E-state index is 1.12. The SMILES string of the molecule is CC=Cc1ccc[c]c1C=Cc1ccccc1. The van der Waals surface area contributed by atoms with Crippen molar-refractivity contribution in [3.63, 3.8) is 0 Å². The Morgan fingerprint density at radius 1 is 0.882 bits per heavy atom. The van der Waals surface area contributed by atoms with Gasteiger partial charge in [-0.25, -0.2) is 0 Å². The highest BCUT2D eigenvalue weighted by molar-refractivity contribution is 5.74. The molecule has 0 nitrogen and oxygen atoms in total. The van der Waals surface area contributed by atoms with Crippen molar-refractivity contribution in [2.75, 3.05) is 0 Å². The van der Waals surface area contributed by atoms with Crippen LogP contribution in [-0.2, 0) is 0 Å². The monoisotopic (exact) mass is 219 g/mol. The molecule has 0 aliphatic carbocycles. The highest BCUT2D eigenvalue weighted by Gasteiger charge is 1.93. The standard InChI is InChI=1S/C17H15/c1-2-8-16-11-6-7-12-17(16)14-13-15-9-4-3-5-10-15/h2-11,13-14H,1H3. The molecule has 0 heteroatoms. The van der Waals surface area contributed by atoms with Gasteiger partial charge in [0, 0.05) is 0 Å². The molecule has 2 rings (SSSR count). The Labute approximate surface area is 103 Å². The lowest BCUT2D eigenvalue weighted by molar-refractivity contribution is 1.58. The van der Waals surface area contributed by atoms with Crippen LogP contribution in [0.25, 0.3) is 18.2 Å². The molecule has 0 heterocycles. The van der Waals surface area contributed by atoms with Gasteiger partial charge in [-0.05, 0) is 29.7 Å². The third kappa shape index (κ3) is 3.18. The van der Waals surface area contributed by atoms with Gasteiger partial charge in [-0.2, -0.15) is 0 Å². The van der Waals surface area contributed by atoms with Gasteiger partial charge in [0.2, 0.25) is 0 Å². The van der Waals surface area contributed by atoms with Crippen LogP contribution < -0.4 is 0 Å². The Hall–Kier alpha value is -2.08. The molecule has 2 aromatic rings. The third-order valence-electron chi connectivity index (χ3n) is 2.51. The molecule has 0 saturated carbocycles. The Morgan fingerprint density at radius 2 is 1.71 bits per heavy atom. The van der Waals surface area contributed by atoms with E-state index in [9.17, 15) is 0 Å². The lowest BCUT2D eigenvalue weighted by Crippen LogP contribution is -1.79. The van der Waals surface area contributed by atoms with Crippen LogP contribution in [0.2, 0.25) is 0 Å². The maximum Gasteiger partial charge on any atom is -0.00992 e. The topological polar surface area (TPSA) is 0 Å². The van der Waals surface area contributed by atoms with Crippen LogP contribution in [0, 0.1) is 6.07 Å². The van der Waals surface area contributed by atoms with E-state index in [1.165, 1.54) is 11.1 Å². The maximum atomic E-state index is 3.25. The summed E-state index contributed by atoms with van der Waals surface area (Å²) in [7, 11) is 0. The molecule has 0 aliphatic heterocycles. The molecule has 0 unspecified atom stereocenters. The van der Waals surface area contributed by atoms with Gasteiger partial charge in [0.05, 0.1) is 0 Å². The first-order chi connectivity index (χ1) is 8.40. The van der Waals surface area contributed by atoms with E-state index in [1.54, 1.807) is 0 Å². The van der Waals surface area contributed by atoms with Crippen molar-refractivity contribution >= 4 is 18.2 Å². The zero-order valence-electron chi connectivity index (χ0n) is 9.93. The molecule has 17 heavy (non-hydrogen) atoms. The van der Waals surface area contributed by atoms with Crippen LogP contribution in [-0.4, -0.2) is 0 Å². The molecule has 0 aromatic heterocycles. The molecule has 0 spiro atoms. The number of benzene rings is 2. The van der Waals surface area contributed by atoms with Gasteiger partial charge in [0.1, 0.15) is 0 Å². The van der Waals surface area contributed by atoms with Gasteiger partial charge in [-0.1, -0.05) is 72.8 Å². The van der Waals surface area contributed by atoms with E-state index in [0.29, 0.717) is 0 Å². The molecular formula is C17H15. The Kier molecular flexibility index (Phi) is 3.93. The van der Waals surface area contributed by atoms with Gasteiger partial charge in [0.25, 0.3) is 0 Å². The zero-order valence-corrected chi connectivity index (χ0v) is 9.93. The molecule has 0 saturated heterocycles. The summed E-state index contributed by atoms with van der Waals surface area (Å²) in [5.41, 5.74) is 3.52. The number of rotatable bonds is 3. The van der Waals surface area contributed by atoms with E-state index >= 15 is 0 Å². The van der Waals surface area contributed by atoms with Crippen LogP contribution in [0.5, 0.6) is 0 Å².